The molecule has 0 aliphatic rings. The monoisotopic (exact) mass is 298 g/mol. The van der Waals surface area contributed by atoms with Crippen molar-refractivity contribution in [2.45, 2.75) is 39.2 Å². The third kappa shape index (κ3) is 6.55. The molecule has 0 aliphatic heterocycles. The van der Waals surface area contributed by atoms with Crippen LogP contribution in [0.4, 0.5) is 0 Å². The first-order valence-corrected chi connectivity index (χ1v) is 7.23. The normalized spacial score (nSPS) is 10.0. The Bertz CT molecular complexity index is 437. The summed E-state index contributed by atoms with van der Waals surface area (Å²) < 4.78 is 0. The highest BCUT2D eigenvalue weighted by Gasteiger charge is 2.05. The maximum atomic E-state index is 11.5. The molecule has 0 aliphatic carbocycles. The molecule has 5 heteroatoms. The fraction of sp³-hybridized carbons (Fsp3) is 0.429. The number of rotatable bonds is 6. The first-order chi connectivity index (χ1) is 9.13. The van der Waals surface area contributed by atoms with Crippen molar-refractivity contribution in [1.29, 1.82) is 0 Å². The third-order valence-electron chi connectivity index (χ3n) is 2.66. The summed E-state index contributed by atoms with van der Waals surface area (Å²) in [6.45, 7) is 2.61. The van der Waals surface area contributed by atoms with Gasteiger partial charge in [-0.2, -0.15) is 0 Å². The molecule has 1 aromatic carbocycles. The third-order valence-corrected chi connectivity index (χ3v) is 3.27. The fourth-order valence-electron chi connectivity index (χ4n) is 1.59. The van der Waals surface area contributed by atoms with Gasteiger partial charge in [0.05, 0.1) is 0 Å². The minimum atomic E-state index is -0.0369. The predicted molar refractivity (Wildman–Crippen MR) is 83.2 cm³/mol. The average molecular weight is 299 g/mol. The molecule has 19 heavy (non-hydrogen) atoms. The van der Waals surface area contributed by atoms with Crippen LogP contribution in [0.15, 0.2) is 24.3 Å². The van der Waals surface area contributed by atoms with Gasteiger partial charge in [0.1, 0.15) is 0 Å². The van der Waals surface area contributed by atoms with E-state index in [1.165, 1.54) is 0 Å². The van der Waals surface area contributed by atoms with Crippen LogP contribution in [-0.4, -0.2) is 11.0 Å². The number of hydrogen-bond acceptors (Lipinski definition) is 2. The number of carbonyl (C=O) groups is 1. The first kappa shape index (κ1) is 15.9. The molecule has 2 N–H and O–H groups in total. The Morgan fingerprint density at radius 1 is 1.32 bits per heavy atom. The van der Waals surface area contributed by atoms with Crippen LogP contribution in [0.2, 0.25) is 5.02 Å². The van der Waals surface area contributed by atoms with Crippen LogP contribution < -0.4 is 10.6 Å². The van der Waals surface area contributed by atoms with E-state index in [4.69, 9.17) is 23.8 Å². The Morgan fingerprint density at radius 2 is 2.05 bits per heavy atom. The molecule has 0 fully saturated rings. The van der Waals surface area contributed by atoms with Gasteiger partial charge in [-0.3, -0.25) is 4.79 Å². The molecule has 104 valence electrons. The molecule has 1 aromatic rings. The highest BCUT2D eigenvalue weighted by molar-refractivity contribution is 7.80. The molecular formula is C14H19ClN2OS. The molecule has 0 heterocycles. The summed E-state index contributed by atoms with van der Waals surface area (Å²) in [4.78, 5) is 11.5. The van der Waals surface area contributed by atoms with Gasteiger partial charge >= 0.3 is 0 Å². The highest BCUT2D eigenvalue weighted by atomic mass is 35.5. The van der Waals surface area contributed by atoms with Crippen molar-refractivity contribution in [2.24, 2.45) is 0 Å². The lowest BCUT2D eigenvalue weighted by Gasteiger charge is -2.10. The van der Waals surface area contributed by atoms with Gasteiger partial charge in [0.25, 0.3) is 0 Å². The van der Waals surface area contributed by atoms with E-state index in [1.807, 2.05) is 24.3 Å². The molecule has 0 radical (unpaired) electrons. The molecule has 1 rings (SSSR count). The van der Waals surface area contributed by atoms with Crippen molar-refractivity contribution in [3.63, 3.8) is 0 Å². The van der Waals surface area contributed by atoms with Crippen molar-refractivity contribution >= 4 is 34.8 Å². The predicted octanol–water partition coefficient (Wildman–Crippen LogP) is 3.41. The summed E-state index contributed by atoms with van der Waals surface area (Å²) in [5.74, 6) is -0.0369. The number of halogens is 1. The van der Waals surface area contributed by atoms with Gasteiger partial charge in [-0.05, 0) is 30.3 Å². The SMILES string of the molecule is CCCCCC(=O)NC(=S)NCc1ccccc1Cl. The van der Waals surface area contributed by atoms with Gasteiger partial charge in [-0.15, -0.1) is 0 Å². The molecular weight excluding hydrogens is 280 g/mol. The Kier molecular flexibility index (Phi) is 7.45. The summed E-state index contributed by atoms with van der Waals surface area (Å²) in [7, 11) is 0. The van der Waals surface area contributed by atoms with E-state index in [0.29, 0.717) is 23.1 Å². The Morgan fingerprint density at radius 3 is 2.74 bits per heavy atom. The number of nitrogens with one attached hydrogen (secondary N) is 2. The topological polar surface area (TPSA) is 41.1 Å². The summed E-state index contributed by atoms with van der Waals surface area (Å²) in [6, 6.07) is 7.53. The number of benzene rings is 1. The van der Waals surface area contributed by atoms with Crippen LogP contribution in [0.25, 0.3) is 0 Å². The summed E-state index contributed by atoms with van der Waals surface area (Å²) in [6.07, 6.45) is 3.58. The van der Waals surface area contributed by atoms with Crippen LogP contribution in [-0.2, 0) is 11.3 Å². The van der Waals surface area contributed by atoms with Crippen LogP contribution >= 0.6 is 23.8 Å². The second-order valence-electron chi connectivity index (χ2n) is 4.28. The van der Waals surface area contributed by atoms with Gasteiger partial charge in [0.2, 0.25) is 5.91 Å². The second kappa shape index (κ2) is 8.88. The summed E-state index contributed by atoms with van der Waals surface area (Å²) in [5, 5.41) is 6.68. The lowest BCUT2D eigenvalue weighted by Crippen LogP contribution is -2.38. The Labute approximate surface area is 124 Å². The van der Waals surface area contributed by atoms with Crippen LogP contribution in [0.5, 0.6) is 0 Å². The molecule has 1 amide bonds. The van der Waals surface area contributed by atoms with Crippen molar-refractivity contribution in [1.82, 2.24) is 10.6 Å². The fourth-order valence-corrected chi connectivity index (χ4v) is 1.97. The van der Waals surface area contributed by atoms with E-state index in [1.54, 1.807) is 0 Å². The molecule has 0 unspecified atom stereocenters. The number of hydrogen-bond donors (Lipinski definition) is 2. The van der Waals surface area contributed by atoms with E-state index < -0.39 is 0 Å². The van der Waals surface area contributed by atoms with Crippen molar-refractivity contribution in [3.05, 3.63) is 34.9 Å². The Balaban J connectivity index is 2.28. The number of thiocarbonyl (C=S) groups is 1. The maximum Gasteiger partial charge on any atom is 0.226 e. The zero-order chi connectivity index (χ0) is 14.1. The van der Waals surface area contributed by atoms with Gasteiger partial charge < -0.3 is 10.6 Å². The lowest BCUT2D eigenvalue weighted by molar-refractivity contribution is -0.119. The van der Waals surface area contributed by atoms with Crippen LogP contribution in [0.3, 0.4) is 0 Å². The van der Waals surface area contributed by atoms with Crippen LogP contribution in [0, 0.1) is 0 Å². The quantitative estimate of drug-likeness (QED) is 0.624. The van der Waals surface area contributed by atoms with E-state index in [-0.39, 0.29) is 5.91 Å². The molecule has 3 nitrogen and oxygen atoms in total. The zero-order valence-electron chi connectivity index (χ0n) is 11.0. The smallest absolute Gasteiger partial charge is 0.226 e. The minimum absolute atomic E-state index is 0.0369. The van der Waals surface area contributed by atoms with E-state index in [9.17, 15) is 4.79 Å². The molecule has 0 aromatic heterocycles. The lowest BCUT2D eigenvalue weighted by atomic mass is 10.2. The Hall–Kier alpha value is -1.13. The number of amides is 1. The van der Waals surface area contributed by atoms with Crippen molar-refractivity contribution in [2.75, 3.05) is 0 Å². The maximum absolute atomic E-state index is 11.5. The molecule has 0 atom stereocenters. The van der Waals surface area contributed by atoms with Gasteiger partial charge in [-0.1, -0.05) is 49.6 Å². The largest absolute Gasteiger partial charge is 0.358 e. The van der Waals surface area contributed by atoms with Crippen molar-refractivity contribution in [3.8, 4) is 0 Å². The average Bonchev–Trinajstić information content (AvgIpc) is 2.38. The zero-order valence-corrected chi connectivity index (χ0v) is 12.6. The minimum Gasteiger partial charge on any atom is -0.358 e. The van der Waals surface area contributed by atoms with Gasteiger partial charge in [-0.25, -0.2) is 0 Å². The first-order valence-electron chi connectivity index (χ1n) is 6.44. The molecule has 0 saturated heterocycles. The van der Waals surface area contributed by atoms with E-state index >= 15 is 0 Å². The molecule has 0 bridgehead atoms. The summed E-state index contributed by atoms with van der Waals surface area (Å²) >= 11 is 11.1. The summed E-state index contributed by atoms with van der Waals surface area (Å²) in [5.41, 5.74) is 0.951. The highest BCUT2D eigenvalue weighted by Crippen LogP contribution is 2.14. The van der Waals surface area contributed by atoms with Crippen LogP contribution in [0.1, 0.15) is 38.2 Å². The standard InChI is InChI=1S/C14H19ClN2OS/c1-2-3-4-9-13(18)17-14(19)16-10-11-7-5-6-8-12(11)15/h5-8H,2-4,9-10H2,1H3,(H2,16,17,18,19). The molecule has 0 spiro atoms. The van der Waals surface area contributed by atoms with E-state index in [2.05, 4.69) is 17.6 Å². The second-order valence-corrected chi connectivity index (χ2v) is 5.09. The van der Waals surface area contributed by atoms with Crippen molar-refractivity contribution < 1.29 is 4.79 Å². The number of unbranched alkanes of at least 4 members (excludes halogenated alkanes) is 2. The van der Waals surface area contributed by atoms with Gasteiger partial charge in [0, 0.05) is 18.0 Å². The van der Waals surface area contributed by atoms with E-state index in [0.717, 1.165) is 24.8 Å². The molecule has 0 saturated carbocycles. The van der Waals surface area contributed by atoms with Gasteiger partial charge in [0.15, 0.2) is 5.11 Å². The number of carbonyl (C=O) groups excluding carboxylic acids is 1.